The molecule has 0 bridgehead atoms. The lowest BCUT2D eigenvalue weighted by atomic mass is 10.1. The van der Waals surface area contributed by atoms with Crippen LogP contribution in [0.25, 0.3) is 10.8 Å². The van der Waals surface area contributed by atoms with Gasteiger partial charge in [-0.3, -0.25) is 9.97 Å². The molecular weight excluding hydrogens is 480 g/mol. The van der Waals surface area contributed by atoms with E-state index in [0.29, 0.717) is 22.4 Å². The number of nitrogens with one attached hydrogen (secondary N) is 5. The molecule has 0 aliphatic carbocycles. The van der Waals surface area contributed by atoms with Crippen molar-refractivity contribution >= 4 is 57.6 Å². The van der Waals surface area contributed by atoms with Gasteiger partial charge in [-0.15, -0.1) is 0 Å². The molecule has 0 spiro atoms. The summed E-state index contributed by atoms with van der Waals surface area (Å²) in [6, 6.07) is 17.1. The summed E-state index contributed by atoms with van der Waals surface area (Å²) in [5.41, 5.74) is 6.07. The van der Waals surface area contributed by atoms with Crippen molar-refractivity contribution in [2.75, 3.05) is 21.7 Å². The van der Waals surface area contributed by atoms with Crippen molar-refractivity contribution in [3.05, 3.63) is 87.2 Å². The predicted octanol–water partition coefficient (Wildman–Crippen LogP) is 2.31. The van der Waals surface area contributed by atoms with Gasteiger partial charge < -0.3 is 26.8 Å². The SMILES string of the molecule is Nc1nc(Nc2cccc(C(=O)O)c2)nc(Nc2cccc3cccc(Nc4nc(=O)[nH]c(=O)[nH]4)c23)n1. The van der Waals surface area contributed by atoms with Gasteiger partial charge in [0.15, 0.2) is 0 Å². The number of carboxylic acid groups (broad SMARTS) is 1. The lowest BCUT2D eigenvalue weighted by molar-refractivity contribution is 0.0697. The fourth-order valence-corrected chi connectivity index (χ4v) is 3.61. The molecule has 0 unspecified atom stereocenters. The van der Waals surface area contributed by atoms with Gasteiger partial charge in [0.25, 0.3) is 0 Å². The van der Waals surface area contributed by atoms with Crippen molar-refractivity contribution in [3.63, 3.8) is 0 Å². The van der Waals surface area contributed by atoms with E-state index in [9.17, 15) is 19.5 Å². The van der Waals surface area contributed by atoms with Gasteiger partial charge in [0.05, 0.1) is 16.9 Å². The van der Waals surface area contributed by atoms with E-state index >= 15 is 0 Å². The molecule has 14 nitrogen and oxygen atoms in total. The van der Waals surface area contributed by atoms with Crippen LogP contribution in [0, 0.1) is 0 Å². The van der Waals surface area contributed by atoms with Crippen LogP contribution in [0.1, 0.15) is 10.4 Å². The Kier molecular flexibility index (Phi) is 5.87. The van der Waals surface area contributed by atoms with Gasteiger partial charge in [0, 0.05) is 11.1 Å². The highest BCUT2D eigenvalue weighted by Crippen LogP contribution is 2.33. The lowest BCUT2D eigenvalue weighted by Gasteiger charge is -2.14. The van der Waals surface area contributed by atoms with E-state index in [-0.39, 0.29) is 29.4 Å². The maximum Gasteiger partial charge on any atom is 0.352 e. The van der Waals surface area contributed by atoms with E-state index in [2.05, 4.69) is 40.9 Å². The molecule has 5 rings (SSSR count). The van der Waals surface area contributed by atoms with Gasteiger partial charge in [0.2, 0.25) is 23.8 Å². The summed E-state index contributed by atoms with van der Waals surface area (Å²) in [6.45, 7) is 0. The Labute approximate surface area is 206 Å². The molecule has 2 aromatic heterocycles. The molecule has 0 aliphatic rings. The number of H-pyrrole nitrogens is 2. The van der Waals surface area contributed by atoms with Crippen LogP contribution in [0.4, 0.5) is 40.9 Å². The minimum absolute atomic E-state index is 0.0319. The standard InChI is InChI=1S/C23H18N10O4/c24-18-28-19(25-13-7-1-6-12(10-13)17(34)35)30-20(29-18)26-14-8-2-4-11-5-3-9-15(16(11)14)27-21-31-22(36)33-23(37)32-21/h1-10H,(H,34,35)(H4,24,25,26,28,29,30)(H3,27,31,32,33,36,37). The van der Waals surface area contributed by atoms with Crippen molar-refractivity contribution in [3.8, 4) is 0 Å². The number of benzene rings is 3. The average molecular weight is 498 g/mol. The van der Waals surface area contributed by atoms with E-state index < -0.39 is 17.3 Å². The second-order valence-electron chi connectivity index (χ2n) is 7.66. The van der Waals surface area contributed by atoms with E-state index in [1.54, 1.807) is 30.3 Å². The molecule has 8 N–H and O–H groups in total. The fourth-order valence-electron chi connectivity index (χ4n) is 3.61. The molecule has 2 heterocycles. The third-order valence-electron chi connectivity index (χ3n) is 5.09. The van der Waals surface area contributed by atoms with Crippen LogP contribution in [0.3, 0.4) is 0 Å². The van der Waals surface area contributed by atoms with Gasteiger partial charge in [-0.1, -0.05) is 30.3 Å². The summed E-state index contributed by atoms with van der Waals surface area (Å²) < 4.78 is 0. The number of aromatic carboxylic acids is 1. The van der Waals surface area contributed by atoms with Crippen molar-refractivity contribution < 1.29 is 9.90 Å². The third-order valence-corrected chi connectivity index (χ3v) is 5.09. The molecule has 0 radical (unpaired) electrons. The summed E-state index contributed by atoms with van der Waals surface area (Å²) in [7, 11) is 0. The largest absolute Gasteiger partial charge is 0.478 e. The number of hydrogen-bond acceptors (Lipinski definition) is 11. The molecule has 5 aromatic rings. The number of carboxylic acids is 1. The number of nitrogens with two attached hydrogens (primary N) is 1. The number of anilines is 7. The van der Waals surface area contributed by atoms with E-state index in [1.807, 2.05) is 23.2 Å². The molecule has 0 atom stereocenters. The Balaban J connectivity index is 1.49. The summed E-state index contributed by atoms with van der Waals surface area (Å²) in [5, 5.41) is 19.7. The molecule has 0 amide bonds. The molecule has 0 saturated heterocycles. The fraction of sp³-hybridized carbons (Fsp3) is 0. The number of rotatable bonds is 7. The first-order valence-corrected chi connectivity index (χ1v) is 10.7. The Morgan fingerprint density at radius 2 is 1.49 bits per heavy atom. The molecule has 0 saturated carbocycles. The maximum absolute atomic E-state index is 11.6. The van der Waals surface area contributed by atoms with Gasteiger partial charge in [-0.05, 0) is 35.7 Å². The molecule has 0 fully saturated rings. The van der Waals surface area contributed by atoms with Crippen LogP contribution in [-0.2, 0) is 0 Å². The second kappa shape index (κ2) is 9.46. The molecule has 3 aromatic carbocycles. The van der Waals surface area contributed by atoms with Crippen LogP contribution in [0.5, 0.6) is 0 Å². The number of aromatic amines is 2. The molecular formula is C23H18N10O4. The first kappa shape index (κ1) is 23.0. The van der Waals surface area contributed by atoms with Crippen LogP contribution in [0.2, 0.25) is 0 Å². The molecule has 37 heavy (non-hydrogen) atoms. The van der Waals surface area contributed by atoms with E-state index in [1.165, 1.54) is 12.1 Å². The smallest absolute Gasteiger partial charge is 0.352 e. The number of nitrogens with zero attached hydrogens (tertiary/aromatic N) is 4. The highest BCUT2D eigenvalue weighted by atomic mass is 16.4. The Morgan fingerprint density at radius 3 is 2.19 bits per heavy atom. The zero-order valence-electron chi connectivity index (χ0n) is 18.8. The van der Waals surface area contributed by atoms with Crippen molar-refractivity contribution in [1.82, 2.24) is 29.9 Å². The number of carbonyl (C=O) groups is 1. The van der Waals surface area contributed by atoms with E-state index in [0.717, 1.165) is 5.39 Å². The van der Waals surface area contributed by atoms with Crippen molar-refractivity contribution in [1.29, 1.82) is 0 Å². The van der Waals surface area contributed by atoms with Crippen molar-refractivity contribution in [2.45, 2.75) is 0 Å². The zero-order chi connectivity index (χ0) is 25.9. The van der Waals surface area contributed by atoms with Crippen LogP contribution < -0.4 is 33.1 Å². The molecule has 14 heteroatoms. The molecule has 0 aliphatic heterocycles. The topological polar surface area (TPSA) is 217 Å². The van der Waals surface area contributed by atoms with Crippen LogP contribution in [0.15, 0.2) is 70.3 Å². The maximum atomic E-state index is 11.6. The highest BCUT2D eigenvalue weighted by Gasteiger charge is 2.12. The summed E-state index contributed by atoms with van der Waals surface area (Å²) >= 11 is 0. The first-order chi connectivity index (χ1) is 17.8. The van der Waals surface area contributed by atoms with Gasteiger partial charge in [-0.2, -0.15) is 19.9 Å². The predicted molar refractivity (Wildman–Crippen MR) is 137 cm³/mol. The summed E-state index contributed by atoms with van der Waals surface area (Å²) in [5.74, 6) is -0.953. The van der Waals surface area contributed by atoms with Gasteiger partial charge in [0.1, 0.15) is 0 Å². The van der Waals surface area contributed by atoms with Gasteiger partial charge in [-0.25, -0.2) is 14.4 Å². The summed E-state index contributed by atoms with van der Waals surface area (Å²) in [6.07, 6.45) is 0. The number of hydrogen-bond donors (Lipinski definition) is 7. The zero-order valence-corrected chi connectivity index (χ0v) is 18.8. The second-order valence-corrected chi connectivity index (χ2v) is 7.66. The lowest BCUT2D eigenvalue weighted by Crippen LogP contribution is -2.25. The Morgan fingerprint density at radius 1 is 0.811 bits per heavy atom. The monoisotopic (exact) mass is 498 g/mol. The van der Waals surface area contributed by atoms with Crippen LogP contribution >= 0.6 is 0 Å². The number of nitrogen functional groups attached to an aromatic ring is 1. The molecule has 184 valence electrons. The highest BCUT2D eigenvalue weighted by molar-refractivity contribution is 6.04. The average Bonchev–Trinajstić information content (AvgIpc) is 2.83. The number of aromatic nitrogens is 6. The summed E-state index contributed by atoms with van der Waals surface area (Å²) in [4.78, 5) is 55.3. The third kappa shape index (κ3) is 5.17. The normalized spacial score (nSPS) is 10.7. The van der Waals surface area contributed by atoms with Gasteiger partial charge >= 0.3 is 17.3 Å². The van der Waals surface area contributed by atoms with E-state index in [4.69, 9.17) is 5.73 Å². The van der Waals surface area contributed by atoms with Crippen molar-refractivity contribution in [2.24, 2.45) is 0 Å². The van der Waals surface area contributed by atoms with Crippen LogP contribution in [-0.4, -0.2) is 41.0 Å². The Bertz CT molecular complexity index is 1730. The first-order valence-electron chi connectivity index (χ1n) is 10.7. The minimum atomic E-state index is -1.07. The number of fused-ring (bicyclic) bond motifs is 1. The minimum Gasteiger partial charge on any atom is -0.478 e. The Hall–Kier alpha value is -5.79. The quantitative estimate of drug-likeness (QED) is 0.172.